The van der Waals surface area contributed by atoms with Crippen molar-refractivity contribution in [3.05, 3.63) is 29.8 Å². The second-order valence-corrected chi connectivity index (χ2v) is 5.01. The van der Waals surface area contributed by atoms with Gasteiger partial charge in [-0.15, -0.1) is 0 Å². The van der Waals surface area contributed by atoms with E-state index in [1.54, 1.807) is 0 Å². The van der Waals surface area contributed by atoms with Crippen LogP contribution in [0.3, 0.4) is 0 Å². The van der Waals surface area contributed by atoms with Crippen LogP contribution in [0, 0.1) is 5.92 Å². The van der Waals surface area contributed by atoms with Crippen molar-refractivity contribution in [2.45, 2.75) is 25.2 Å². The standard InChI is InChI=1S/C14H19NO/c1-2-11(1)10-16-14-5-3-12(4-6-14)13-7-8-15-9-13/h3-6,11,13,15H,1-2,7-10H2. The molecule has 2 fully saturated rings. The Balaban J connectivity index is 1.59. The van der Waals surface area contributed by atoms with Crippen molar-refractivity contribution in [2.24, 2.45) is 5.92 Å². The summed E-state index contributed by atoms with van der Waals surface area (Å²) in [6.45, 7) is 3.19. The third kappa shape index (κ3) is 2.38. The molecule has 1 aromatic carbocycles. The van der Waals surface area contributed by atoms with Gasteiger partial charge in [0.2, 0.25) is 0 Å². The minimum Gasteiger partial charge on any atom is -0.493 e. The van der Waals surface area contributed by atoms with Crippen LogP contribution < -0.4 is 10.1 Å². The molecule has 0 radical (unpaired) electrons. The fraction of sp³-hybridized carbons (Fsp3) is 0.571. The summed E-state index contributed by atoms with van der Waals surface area (Å²) in [6, 6.07) is 8.69. The molecule has 1 aromatic rings. The van der Waals surface area contributed by atoms with E-state index in [1.165, 1.54) is 24.8 Å². The summed E-state index contributed by atoms with van der Waals surface area (Å²) in [5, 5.41) is 3.40. The largest absolute Gasteiger partial charge is 0.493 e. The molecule has 1 saturated carbocycles. The molecule has 1 heterocycles. The van der Waals surface area contributed by atoms with Crippen molar-refractivity contribution in [3.8, 4) is 5.75 Å². The van der Waals surface area contributed by atoms with Crippen LogP contribution >= 0.6 is 0 Å². The van der Waals surface area contributed by atoms with Crippen molar-refractivity contribution in [3.63, 3.8) is 0 Å². The van der Waals surface area contributed by atoms with Crippen LogP contribution in [0.25, 0.3) is 0 Å². The van der Waals surface area contributed by atoms with Crippen molar-refractivity contribution in [2.75, 3.05) is 19.7 Å². The molecule has 0 aromatic heterocycles. The Labute approximate surface area is 97.0 Å². The van der Waals surface area contributed by atoms with Crippen LogP contribution in [-0.4, -0.2) is 19.7 Å². The van der Waals surface area contributed by atoms with E-state index in [9.17, 15) is 0 Å². The Morgan fingerprint density at radius 1 is 1.12 bits per heavy atom. The molecule has 1 aliphatic carbocycles. The number of rotatable bonds is 4. The SMILES string of the molecule is c1cc(C2CCNC2)ccc1OCC1CC1. The average Bonchev–Trinajstić information content (AvgIpc) is 3.00. The maximum absolute atomic E-state index is 5.73. The van der Waals surface area contributed by atoms with Gasteiger partial charge in [0, 0.05) is 6.54 Å². The fourth-order valence-electron chi connectivity index (χ4n) is 2.27. The first kappa shape index (κ1) is 10.2. The number of nitrogens with one attached hydrogen (secondary N) is 1. The molecule has 16 heavy (non-hydrogen) atoms. The quantitative estimate of drug-likeness (QED) is 0.837. The summed E-state index contributed by atoms with van der Waals surface area (Å²) < 4.78 is 5.73. The zero-order valence-corrected chi connectivity index (χ0v) is 9.61. The Hall–Kier alpha value is -1.02. The highest BCUT2D eigenvalue weighted by molar-refractivity contribution is 5.30. The predicted molar refractivity (Wildman–Crippen MR) is 64.9 cm³/mol. The average molecular weight is 217 g/mol. The molecule has 1 aliphatic heterocycles. The predicted octanol–water partition coefficient (Wildman–Crippen LogP) is 2.55. The highest BCUT2D eigenvalue weighted by Crippen LogP contribution is 2.30. The van der Waals surface area contributed by atoms with Gasteiger partial charge in [-0.2, -0.15) is 0 Å². The number of hydrogen-bond acceptors (Lipinski definition) is 2. The molecule has 1 saturated heterocycles. The topological polar surface area (TPSA) is 21.3 Å². The minimum atomic E-state index is 0.706. The van der Waals surface area contributed by atoms with E-state index in [1.807, 2.05) is 0 Å². The lowest BCUT2D eigenvalue weighted by Crippen LogP contribution is -2.07. The number of hydrogen-bond donors (Lipinski definition) is 1. The van der Waals surface area contributed by atoms with Gasteiger partial charge in [-0.3, -0.25) is 0 Å². The van der Waals surface area contributed by atoms with E-state index in [-0.39, 0.29) is 0 Å². The summed E-state index contributed by atoms with van der Waals surface area (Å²) >= 11 is 0. The van der Waals surface area contributed by atoms with E-state index < -0.39 is 0 Å². The smallest absolute Gasteiger partial charge is 0.119 e. The lowest BCUT2D eigenvalue weighted by Gasteiger charge is -2.10. The minimum absolute atomic E-state index is 0.706. The zero-order chi connectivity index (χ0) is 10.8. The molecule has 1 unspecified atom stereocenters. The molecule has 2 nitrogen and oxygen atoms in total. The van der Waals surface area contributed by atoms with Crippen LogP contribution in [0.4, 0.5) is 0 Å². The molecule has 1 N–H and O–H groups in total. The Kier molecular flexibility index (Phi) is 2.83. The highest BCUT2D eigenvalue weighted by Gasteiger charge is 2.22. The Morgan fingerprint density at radius 3 is 2.56 bits per heavy atom. The first-order chi connectivity index (χ1) is 7.92. The maximum atomic E-state index is 5.73. The molecule has 0 amide bonds. The molecule has 2 aliphatic rings. The summed E-state index contributed by atoms with van der Waals surface area (Å²) in [5.41, 5.74) is 1.45. The highest BCUT2D eigenvalue weighted by atomic mass is 16.5. The van der Waals surface area contributed by atoms with Crippen molar-refractivity contribution < 1.29 is 4.74 Å². The van der Waals surface area contributed by atoms with Gasteiger partial charge in [-0.25, -0.2) is 0 Å². The molecular weight excluding hydrogens is 198 g/mol. The normalized spacial score (nSPS) is 24.6. The van der Waals surface area contributed by atoms with Crippen molar-refractivity contribution in [1.82, 2.24) is 5.32 Å². The van der Waals surface area contributed by atoms with Crippen LogP contribution in [0.1, 0.15) is 30.7 Å². The zero-order valence-electron chi connectivity index (χ0n) is 9.61. The third-order valence-corrected chi connectivity index (χ3v) is 3.59. The monoisotopic (exact) mass is 217 g/mol. The first-order valence-electron chi connectivity index (χ1n) is 6.35. The summed E-state index contributed by atoms with van der Waals surface area (Å²) in [5.74, 6) is 2.57. The lowest BCUT2D eigenvalue weighted by atomic mass is 9.98. The second-order valence-electron chi connectivity index (χ2n) is 5.01. The van der Waals surface area contributed by atoms with E-state index in [2.05, 4.69) is 29.6 Å². The third-order valence-electron chi connectivity index (χ3n) is 3.59. The lowest BCUT2D eigenvalue weighted by molar-refractivity contribution is 0.299. The van der Waals surface area contributed by atoms with Crippen molar-refractivity contribution in [1.29, 1.82) is 0 Å². The summed E-state index contributed by atoms with van der Waals surface area (Å²) in [7, 11) is 0. The molecule has 2 heteroatoms. The van der Waals surface area contributed by atoms with E-state index in [0.717, 1.165) is 31.4 Å². The number of ether oxygens (including phenoxy) is 1. The first-order valence-corrected chi connectivity index (χ1v) is 6.35. The molecule has 1 atom stereocenters. The molecular formula is C14H19NO. The molecule has 3 rings (SSSR count). The van der Waals surface area contributed by atoms with Gasteiger partial charge in [0.05, 0.1) is 6.61 Å². The number of benzene rings is 1. The van der Waals surface area contributed by atoms with Crippen LogP contribution in [0.2, 0.25) is 0 Å². The maximum Gasteiger partial charge on any atom is 0.119 e. The van der Waals surface area contributed by atoms with Gasteiger partial charge in [-0.1, -0.05) is 12.1 Å². The van der Waals surface area contributed by atoms with E-state index in [4.69, 9.17) is 4.74 Å². The Morgan fingerprint density at radius 2 is 1.94 bits per heavy atom. The summed E-state index contributed by atoms with van der Waals surface area (Å²) in [6.07, 6.45) is 3.97. The van der Waals surface area contributed by atoms with Crippen LogP contribution in [0.5, 0.6) is 5.75 Å². The fourth-order valence-corrected chi connectivity index (χ4v) is 2.27. The summed E-state index contributed by atoms with van der Waals surface area (Å²) in [4.78, 5) is 0. The van der Waals surface area contributed by atoms with E-state index in [0.29, 0.717) is 5.92 Å². The van der Waals surface area contributed by atoms with Gasteiger partial charge in [0.25, 0.3) is 0 Å². The van der Waals surface area contributed by atoms with Gasteiger partial charge in [0.1, 0.15) is 5.75 Å². The molecule has 0 spiro atoms. The van der Waals surface area contributed by atoms with Crippen molar-refractivity contribution >= 4 is 0 Å². The molecule has 0 bridgehead atoms. The van der Waals surface area contributed by atoms with Gasteiger partial charge >= 0.3 is 0 Å². The van der Waals surface area contributed by atoms with Gasteiger partial charge in [0.15, 0.2) is 0 Å². The second kappa shape index (κ2) is 4.46. The van der Waals surface area contributed by atoms with Crippen LogP contribution in [0.15, 0.2) is 24.3 Å². The van der Waals surface area contributed by atoms with Gasteiger partial charge in [-0.05, 0) is 55.3 Å². The van der Waals surface area contributed by atoms with E-state index >= 15 is 0 Å². The van der Waals surface area contributed by atoms with Gasteiger partial charge < -0.3 is 10.1 Å². The molecule has 86 valence electrons. The van der Waals surface area contributed by atoms with Crippen LogP contribution in [-0.2, 0) is 0 Å². The Bertz CT molecular complexity index is 336.